The van der Waals surface area contributed by atoms with Crippen molar-refractivity contribution in [3.8, 4) is 0 Å². The molecule has 0 saturated carbocycles. The molecule has 6 heteroatoms. The van der Waals surface area contributed by atoms with Gasteiger partial charge < -0.3 is 5.32 Å². The Morgan fingerprint density at radius 1 is 1.18 bits per heavy atom. The zero-order chi connectivity index (χ0) is 15.8. The first kappa shape index (κ1) is 15.7. The lowest BCUT2D eigenvalue weighted by molar-refractivity contribution is -0.113. The quantitative estimate of drug-likeness (QED) is 0.366. The van der Waals surface area contributed by atoms with Gasteiger partial charge in [-0.1, -0.05) is 42.1 Å². The van der Waals surface area contributed by atoms with Crippen LogP contribution in [0, 0.1) is 0 Å². The van der Waals surface area contributed by atoms with Gasteiger partial charge in [0.05, 0.1) is 5.69 Å². The van der Waals surface area contributed by atoms with Crippen molar-refractivity contribution in [2.24, 2.45) is 5.11 Å². The lowest BCUT2D eigenvalue weighted by Gasteiger charge is -2.11. The van der Waals surface area contributed by atoms with Gasteiger partial charge >= 0.3 is 0 Å². The van der Waals surface area contributed by atoms with Gasteiger partial charge in [-0.15, -0.1) is 0 Å². The molecular weight excluding hydrogens is 296 g/mol. The van der Waals surface area contributed by atoms with Gasteiger partial charge in [0.15, 0.2) is 0 Å². The molecule has 22 heavy (non-hydrogen) atoms. The molecule has 0 radical (unpaired) electrons. The van der Waals surface area contributed by atoms with Crippen LogP contribution in [0.2, 0.25) is 0 Å². The van der Waals surface area contributed by atoms with E-state index in [1.54, 1.807) is 18.7 Å². The van der Waals surface area contributed by atoms with Crippen molar-refractivity contribution >= 4 is 23.4 Å². The molecule has 0 aliphatic carbocycles. The molecule has 110 valence electrons. The fourth-order valence-corrected chi connectivity index (χ4v) is 2.70. The van der Waals surface area contributed by atoms with Crippen LogP contribution in [-0.2, 0) is 4.79 Å². The molecule has 2 rings (SSSR count). The highest BCUT2D eigenvalue weighted by atomic mass is 32.2. The summed E-state index contributed by atoms with van der Waals surface area (Å²) in [6.45, 7) is 1.74. The van der Waals surface area contributed by atoms with E-state index in [-0.39, 0.29) is 0 Å². The Kier molecular flexibility index (Phi) is 5.65. The van der Waals surface area contributed by atoms with Crippen LogP contribution in [0.15, 0.2) is 81.3 Å². The van der Waals surface area contributed by atoms with Crippen LogP contribution in [0.25, 0.3) is 10.4 Å². The highest BCUT2D eigenvalue weighted by molar-refractivity contribution is 7.99. The molecule has 2 aromatic rings. The minimum absolute atomic E-state index is 0.610. The zero-order valence-electron chi connectivity index (χ0n) is 11.9. The second-order valence-electron chi connectivity index (χ2n) is 4.39. The molecule has 0 atom stereocenters. The summed E-state index contributed by atoms with van der Waals surface area (Å²) in [6.07, 6.45) is 1.27. The van der Waals surface area contributed by atoms with Crippen LogP contribution < -0.4 is 5.32 Å². The Morgan fingerprint density at radius 3 is 2.59 bits per heavy atom. The topological polar surface area (TPSA) is 77.9 Å². The molecule has 1 amide bonds. The predicted molar refractivity (Wildman–Crippen MR) is 88.5 cm³/mol. The smallest absolute Gasteiger partial charge is 0.243 e. The number of hydrogen-bond acceptors (Lipinski definition) is 3. The third kappa shape index (κ3) is 4.70. The standard InChI is InChI=1S/C16H14N4OS/c1-12(11-16(21)19-20-17)18-14-9-5-6-10-15(14)22-13-7-3-2-4-8-13/h2-11,18H,1H3/b12-11-. The summed E-state index contributed by atoms with van der Waals surface area (Å²) in [7, 11) is 0. The first-order chi connectivity index (χ1) is 10.7. The number of benzene rings is 2. The second-order valence-corrected chi connectivity index (χ2v) is 5.51. The van der Waals surface area contributed by atoms with E-state index in [2.05, 4.69) is 15.3 Å². The van der Waals surface area contributed by atoms with Crippen LogP contribution >= 0.6 is 11.8 Å². The van der Waals surface area contributed by atoms with Crippen molar-refractivity contribution in [3.05, 3.63) is 76.8 Å². The highest BCUT2D eigenvalue weighted by Gasteiger charge is 2.04. The Morgan fingerprint density at radius 2 is 1.86 bits per heavy atom. The molecule has 0 aromatic heterocycles. The number of hydrogen-bond donors (Lipinski definition) is 1. The van der Waals surface area contributed by atoms with Gasteiger partial charge in [-0.05, 0) is 41.8 Å². The van der Waals surface area contributed by atoms with Gasteiger partial charge in [-0.3, -0.25) is 4.79 Å². The van der Waals surface area contributed by atoms with E-state index >= 15 is 0 Å². The summed E-state index contributed by atoms with van der Waals surface area (Å²) in [4.78, 5) is 15.9. The first-order valence-electron chi connectivity index (χ1n) is 6.55. The summed E-state index contributed by atoms with van der Waals surface area (Å²) in [6, 6.07) is 17.8. The maximum atomic E-state index is 11.3. The number of carbonyl (C=O) groups is 1. The first-order valence-corrected chi connectivity index (χ1v) is 7.37. The van der Waals surface area contributed by atoms with Crippen LogP contribution in [0.5, 0.6) is 0 Å². The third-order valence-electron chi connectivity index (χ3n) is 2.67. The van der Waals surface area contributed by atoms with Crippen LogP contribution in [-0.4, -0.2) is 5.91 Å². The Bertz CT molecular complexity index is 737. The maximum Gasteiger partial charge on any atom is 0.243 e. The number of nitrogens with zero attached hydrogens (tertiary/aromatic N) is 3. The molecule has 0 heterocycles. The summed E-state index contributed by atoms with van der Waals surface area (Å²) >= 11 is 1.63. The van der Waals surface area contributed by atoms with Crippen molar-refractivity contribution in [3.63, 3.8) is 0 Å². The van der Waals surface area contributed by atoms with E-state index in [1.807, 2.05) is 54.6 Å². The van der Waals surface area contributed by atoms with Gasteiger partial charge in [0.2, 0.25) is 5.91 Å². The molecule has 0 bridgehead atoms. The van der Waals surface area contributed by atoms with Crippen molar-refractivity contribution in [2.75, 3.05) is 5.32 Å². The van der Waals surface area contributed by atoms with E-state index in [4.69, 9.17) is 5.53 Å². The van der Waals surface area contributed by atoms with E-state index in [0.29, 0.717) is 5.70 Å². The Labute approximate surface area is 132 Å². The van der Waals surface area contributed by atoms with E-state index < -0.39 is 5.91 Å². The van der Waals surface area contributed by atoms with Gasteiger partial charge in [0.1, 0.15) is 0 Å². The molecule has 0 aliphatic rings. The summed E-state index contributed by atoms with van der Waals surface area (Å²) in [5.74, 6) is -0.624. The lowest BCUT2D eigenvalue weighted by Crippen LogP contribution is -1.99. The third-order valence-corrected chi connectivity index (χ3v) is 3.76. The number of carbonyl (C=O) groups excluding carboxylic acids is 1. The van der Waals surface area contributed by atoms with Crippen LogP contribution in [0.3, 0.4) is 0 Å². The van der Waals surface area contributed by atoms with Crippen molar-refractivity contribution in [2.45, 2.75) is 16.7 Å². The van der Waals surface area contributed by atoms with Crippen LogP contribution in [0.1, 0.15) is 6.92 Å². The largest absolute Gasteiger partial charge is 0.358 e. The van der Waals surface area contributed by atoms with Gasteiger partial charge in [-0.25, -0.2) is 0 Å². The highest BCUT2D eigenvalue weighted by Crippen LogP contribution is 2.33. The normalized spacial score (nSPS) is 10.7. The summed E-state index contributed by atoms with van der Waals surface area (Å²) in [5, 5.41) is 6.17. The average molecular weight is 310 g/mol. The van der Waals surface area contributed by atoms with E-state index in [0.717, 1.165) is 15.5 Å². The molecule has 2 aromatic carbocycles. The van der Waals surface area contributed by atoms with Gasteiger partial charge in [0.25, 0.3) is 0 Å². The monoisotopic (exact) mass is 310 g/mol. The summed E-state index contributed by atoms with van der Waals surface area (Å²) in [5.41, 5.74) is 9.73. The Hall–Kier alpha value is -2.69. The number of allylic oxidation sites excluding steroid dienone is 1. The minimum atomic E-state index is -0.624. The average Bonchev–Trinajstić information content (AvgIpc) is 2.50. The predicted octanol–water partition coefficient (Wildman–Crippen LogP) is 4.99. The maximum absolute atomic E-state index is 11.3. The summed E-state index contributed by atoms with van der Waals surface area (Å²) < 4.78 is 0. The van der Waals surface area contributed by atoms with Crippen molar-refractivity contribution in [1.82, 2.24) is 0 Å². The van der Waals surface area contributed by atoms with Crippen LogP contribution in [0.4, 0.5) is 5.69 Å². The number of rotatable bonds is 5. The number of azide groups is 1. The lowest BCUT2D eigenvalue weighted by atomic mass is 10.3. The number of nitrogens with one attached hydrogen (secondary N) is 1. The molecule has 0 fully saturated rings. The molecule has 0 aliphatic heterocycles. The molecular formula is C16H14N4OS. The number of para-hydroxylation sites is 1. The fraction of sp³-hybridized carbons (Fsp3) is 0.0625. The minimum Gasteiger partial charge on any atom is -0.358 e. The molecule has 0 saturated heterocycles. The molecule has 0 spiro atoms. The van der Waals surface area contributed by atoms with E-state index in [9.17, 15) is 4.79 Å². The van der Waals surface area contributed by atoms with Gasteiger partial charge in [0, 0.05) is 26.5 Å². The molecule has 1 N–H and O–H groups in total. The second kappa shape index (κ2) is 7.93. The Balaban J connectivity index is 2.18. The molecule has 0 unspecified atom stereocenters. The van der Waals surface area contributed by atoms with Crippen molar-refractivity contribution < 1.29 is 4.79 Å². The van der Waals surface area contributed by atoms with E-state index in [1.165, 1.54) is 6.08 Å². The zero-order valence-corrected chi connectivity index (χ0v) is 12.7. The number of anilines is 1. The van der Waals surface area contributed by atoms with Crippen molar-refractivity contribution in [1.29, 1.82) is 0 Å². The number of amides is 1. The van der Waals surface area contributed by atoms with Gasteiger partial charge in [-0.2, -0.15) is 0 Å². The molecule has 5 nitrogen and oxygen atoms in total. The fourth-order valence-electron chi connectivity index (χ4n) is 1.78. The SMILES string of the molecule is C/C(=C/C(=O)N=[N+]=[N-])Nc1ccccc1Sc1ccccc1.